The number of nitrogens with two attached hydrogens (primary N) is 1. The van der Waals surface area contributed by atoms with Crippen molar-refractivity contribution in [2.75, 3.05) is 25.4 Å². The van der Waals surface area contributed by atoms with E-state index in [1.807, 2.05) is 17.0 Å². The number of carbonyl (C=O) groups is 2. The fourth-order valence-corrected chi connectivity index (χ4v) is 3.60. The molecule has 0 radical (unpaired) electrons. The molecule has 0 unspecified atom stereocenters. The predicted molar refractivity (Wildman–Crippen MR) is 111 cm³/mol. The van der Waals surface area contributed by atoms with Crippen LogP contribution in [0.4, 0.5) is 5.69 Å². The summed E-state index contributed by atoms with van der Waals surface area (Å²) >= 11 is 6.16. The van der Waals surface area contributed by atoms with Gasteiger partial charge in [-0.3, -0.25) is 4.79 Å². The standard InChI is InChI=1S/C22H23ClN2O3/c1-2-13-28-22(27)17-5-3-15(4-6-17)16-9-11-25(12-10-16)21(26)19-14-18(24)7-8-20(19)23/h2-8,14,16H,1,9-13,24H2. The van der Waals surface area contributed by atoms with Gasteiger partial charge in [-0.2, -0.15) is 0 Å². The molecule has 0 saturated carbocycles. The topological polar surface area (TPSA) is 72.6 Å². The summed E-state index contributed by atoms with van der Waals surface area (Å²) in [5, 5.41) is 0.417. The molecule has 1 aliphatic heterocycles. The van der Waals surface area contributed by atoms with Crippen molar-refractivity contribution in [1.82, 2.24) is 4.90 Å². The van der Waals surface area contributed by atoms with Gasteiger partial charge in [0.25, 0.3) is 5.91 Å². The van der Waals surface area contributed by atoms with Gasteiger partial charge >= 0.3 is 5.97 Å². The van der Waals surface area contributed by atoms with Gasteiger partial charge in [-0.25, -0.2) is 4.79 Å². The number of ether oxygens (including phenoxy) is 1. The summed E-state index contributed by atoms with van der Waals surface area (Å²) in [6.07, 6.45) is 3.25. The van der Waals surface area contributed by atoms with Crippen LogP contribution in [0.15, 0.2) is 55.1 Å². The highest BCUT2D eigenvalue weighted by atomic mass is 35.5. The Hall–Kier alpha value is -2.79. The van der Waals surface area contributed by atoms with E-state index >= 15 is 0 Å². The predicted octanol–water partition coefficient (Wildman–Crippen LogP) is 4.28. The first-order chi connectivity index (χ1) is 13.5. The SMILES string of the molecule is C=CCOC(=O)c1ccc(C2CCN(C(=O)c3cc(N)ccc3Cl)CC2)cc1. The van der Waals surface area contributed by atoms with Crippen molar-refractivity contribution in [2.24, 2.45) is 0 Å². The molecule has 146 valence electrons. The van der Waals surface area contributed by atoms with E-state index in [1.165, 1.54) is 6.08 Å². The smallest absolute Gasteiger partial charge is 0.338 e. The molecule has 28 heavy (non-hydrogen) atoms. The van der Waals surface area contributed by atoms with Crippen LogP contribution in [0.3, 0.4) is 0 Å². The van der Waals surface area contributed by atoms with Crippen molar-refractivity contribution in [1.29, 1.82) is 0 Å². The number of benzene rings is 2. The molecule has 1 aliphatic rings. The van der Waals surface area contributed by atoms with Crippen LogP contribution in [0.25, 0.3) is 0 Å². The van der Waals surface area contributed by atoms with E-state index in [4.69, 9.17) is 22.1 Å². The van der Waals surface area contributed by atoms with Gasteiger partial charge in [-0.1, -0.05) is 36.4 Å². The van der Waals surface area contributed by atoms with E-state index in [2.05, 4.69) is 6.58 Å². The largest absolute Gasteiger partial charge is 0.458 e. The van der Waals surface area contributed by atoms with Crippen molar-refractivity contribution in [3.05, 3.63) is 76.8 Å². The molecule has 2 N–H and O–H groups in total. The number of nitrogens with zero attached hydrogens (tertiary/aromatic N) is 1. The third-order valence-corrected chi connectivity index (χ3v) is 5.28. The number of nitrogen functional groups attached to an aromatic ring is 1. The van der Waals surface area contributed by atoms with Crippen LogP contribution in [0.2, 0.25) is 5.02 Å². The second-order valence-corrected chi connectivity index (χ2v) is 7.22. The lowest BCUT2D eigenvalue weighted by Crippen LogP contribution is -2.38. The Morgan fingerprint density at radius 3 is 2.50 bits per heavy atom. The molecule has 1 fully saturated rings. The lowest BCUT2D eigenvalue weighted by atomic mass is 9.88. The van der Waals surface area contributed by atoms with Crippen LogP contribution in [-0.4, -0.2) is 36.5 Å². The molecule has 5 nitrogen and oxygen atoms in total. The van der Waals surface area contributed by atoms with Crippen molar-refractivity contribution >= 4 is 29.2 Å². The fraction of sp³-hybridized carbons (Fsp3) is 0.273. The molecule has 6 heteroatoms. The summed E-state index contributed by atoms with van der Waals surface area (Å²) < 4.78 is 5.04. The average Bonchev–Trinajstić information content (AvgIpc) is 2.73. The first kappa shape index (κ1) is 20.0. The number of esters is 1. The highest BCUT2D eigenvalue weighted by Gasteiger charge is 2.26. The molecule has 2 aromatic carbocycles. The Morgan fingerprint density at radius 2 is 1.86 bits per heavy atom. The van der Waals surface area contributed by atoms with Crippen molar-refractivity contribution < 1.29 is 14.3 Å². The second-order valence-electron chi connectivity index (χ2n) is 6.81. The Labute approximate surface area is 169 Å². The summed E-state index contributed by atoms with van der Waals surface area (Å²) in [5.74, 6) is -0.0967. The van der Waals surface area contributed by atoms with E-state index in [9.17, 15) is 9.59 Å². The van der Waals surface area contributed by atoms with E-state index in [0.29, 0.717) is 40.8 Å². The Bertz CT molecular complexity index is 872. The Kier molecular flexibility index (Phi) is 6.37. The zero-order valence-corrected chi connectivity index (χ0v) is 16.3. The summed E-state index contributed by atoms with van der Waals surface area (Å²) in [5.41, 5.74) is 8.44. The van der Waals surface area contributed by atoms with Gasteiger partial charge in [0.2, 0.25) is 0 Å². The zero-order valence-electron chi connectivity index (χ0n) is 15.6. The molecule has 3 rings (SSSR count). The summed E-state index contributed by atoms with van der Waals surface area (Å²) in [6.45, 7) is 5.03. The number of rotatable bonds is 5. The number of hydrogen-bond donors (Lipinski definition) is 1. The molecule has 1 amide bonds. The molecule has 1 heterocycles. The third kappa shape index (κ3) is 4.54. The third-order valence-electron chi connectivity index (χ3n) is 4.95. The van der Waals surface area contributed by atoms with E-state index in [1.54, 1.807) is 30.3 Å². The molecule has 2 aromatic rings. The van der Waals surface area contributed by atoms with Gasteiger partial charge < -0.3 is 15.4 Å². The van der Waals surface area contributed by atoms with Gasteiger partial charge in [0.05, 0.1) is 16.1 Å². The second kappa shape index (κ2) is 8.93. The molecule has 0 bridgehead atoms. The number of halogens is 1. The molecule has 0 spiro atoms. The highest BCUT2D eigenvalue weighted by Crippen LogP contribution is 2.30. The van der Waals surface area contributed by atoms with Crippen LogP contribution in [0.5, 0.6) is 0 Å². The summed E-state index contributed by atoms with van der Waals surface area (Å²) in [6, 6.07) is 12.4. The highest BCUT2D eigenvalue weighted by molar-refractivity contribution is 6.34. The maximum absolute atomic E-state index is 12.7. The summed E-state index contributed by atoms with van der Waals surface area (Å²) in [4.78, 5) is 26.4. The first-order valence-corrected chi connectivity index (χ1v) is 9.59. The number of likely N-dealkylation sites (tertiary alicyclic amines) is 1. The van der Waals surface area contributed by atoms with Gasteiger partial charge in [0, 0.05) is 18.8 Å². The van der Waals surface area contributed by atoms with Crippen molar-refractivity contribution in [3.63, 3.8) is 0 Å². The van der Waals surface area contributed by atoms with E-state index in [0.717, 1.165) is 18.4 Å². The maximum atomic E-state index is 12.7. The molecule has 0 aromatic heterocycles. The Morgan fingerprint density at radius 1 is 1.18 bits per heavy atom. The zero-order chi connectivity index (χ0) is 20.1. The minimum absolute atomic E-state index is 0.0870. The number of anilines is 1. The van der Waals surface area contributed by atoms with Crippen molar-refractivity contribution in [2.45, 2.75) is 18.8 Å². The average molecular weight is 399 g/mol. The molecular formula is C22H23ClN2O3. The number of amides is 1. The normalized spacial score (nSPS) is 14.5. The molecule has 1 saturated heterocycles. The van der Waals surface area contributed by atoms with Crippen molar-refractivity contribution in [3.8, 4) is 0 Å². The minimum atomic E-state index is -0.356. The van der Waals surface area contributed by atoms with Crippen LogP contribution in [0.1, 0.15) is 45.0 Å². The van der Waals surface area contributed by atoms with Gasteiger partial charge in [0.1, 0.15) is 6.61 Å². The Balaban J connectivity index is 1.60. The maximum Gasteiger partial charge on any atom is 0.338 e. The lowest BCUT2D eigenvalue weighted by molar-refractivity contribution is 0.0549. The van der Waals surface area contributed by atoms with Crippen LogP contribution < -0.4 is 5.73 Å². The number of carbonyl (C=O) groups excluding carboxylic acids is 2. The lowest BCUT2D eigenvalue weighted by Gasteiger charge is -2.32. The summed E-state index contributed by atoms with van der Waals surface area (Å²) in [7, 11) is 0. The fourth-order valence-electron chi connectivity index (χ4n) is 3.40. The van der Waals surface area contributed by atoms with Gasteiger partial charge in [0.15, 0.2) is 0 Å². The van der Waals surface area contributed by atoms with E-state index in [-0.39, 0.29) is 18.5 Å². The number of piperidine rings is 1. The first-order valence-electron chi connectivity index (χ1n) is 9.22. The number of hydrogen-bond acceptors (Lipinski definition) is 4. The van der Waals surface area contributed by atoms with Crippen LogP contribution in [0, 0.1) is 0 Å². The van der Waals surface area contributed by atoms with E-state index < -0.39 is 0 Å². The van der Waals surface area contributed by atoms with Gasteiger partial charge in [-0.05, 0) is 54.7 Å². The van der Waals surface area contributed by atoms with Crippen LogP contribution >= 0.6 is 11.6 Å². The molecule has 0 atom stereocenters. The molecular weight excluding hydrogens is 376 g/mol. The van der Waals surface area contributed by atoms with Crippen LogP contribution in [-0.2, 0) is 4.74 Å². The quantitative estimate of drug-likeness (QED) is 0.463. The van der Waals surface area contributed by atoms with Gasteiger partial charge in [-0.15, -0.1) is 0 Å². The molecule has 0 aliphatic carbocycles. The minimum Gasteiger partial charge on any atom is -0.458 e. The monoisotopic (exact) mass is 398 g/mol.